The molecule has 1 aromatic heterocycles. The zero-order valence-electron chi connectivity index (χ0n) is 8.69. The van der Waals surface area contributed by atoms with Crippen molar-refractivity contribution in [1.82, 2.24) is 9.97 Å². The van der Waals surface area contributed by atoms with Crippen molar-refractivity contribution >= 4 is 17.4 Å². The first-order valence-electron chi connectivity index (χ1n) is 4.79. The van der Waals surface area contributed by atoms with Crippen LogP contribution in [-0.4, -0.2) is 15.5 Å². The quantitative estimate of drug-likeness (QED) is 0.765. The van der Waals surface area contributed by atoms with Crippen LogP contribution in [0.25, 0.3) is 0 Å². The fourth-order valence-corrected chi connectivity index (χ4v) is 1.53. The van der Waals surface area contributed by atoms with Crippen LogP contribution >= 0.6 is 11.6 Å². The number of aromatic nitrogens is 2. The smallest absolute Gasteiger partial charge is 0.137 e. The average Bonchev–Trinajstić information content (AvgIpc) is 2.79. The minimum Gasteiger partial charge on any atom is -0.365 e. The predicted octanol–water partition coefficient (Wildman–Crippen LogP) is 2.71. The van der Waals surface area contributed by atoms with E-state index in [4.69, 9.17) is 11.6 Å². The van der Waals surface area contributed by atoms with Gasteiger partial charge >= 0.3 is 0 Å². The van der Waals surface area contributed by atoms with Gasteiger partial charge in [0.1, 0.15) is 16.8 Å². The molecule has 1 fully saturated rings. The number of hydrogen-bond donors (Lipinski definition) is 1. The summed E-state index contributed by atoms with van der Waals surface area (Å²) in [6.07, 6.45) is 2.40. The van der Waals surface area contributed by atoms with Crippen LogP contribution in [0.2, 0.25) is 5.15 Å². The molecule has 1 N–H and O–H groups in total. The average molecular weight is 212 g/mol. The van der Waals surface area contributed by atoms with Gasteiger partial charge in [-0.1, -0.05) is 11.6 Å². The lowest BCUT2D eigenvalue weighted by Crippen LogP contribution is -2.18. The maximum absolute atomic E-state index is 5.98. The molecule has 14 heavy (non-hydrogen) atoms. The molecule has 0 amide bonds. The zero-order chi connectivity index (χ0) is 10.3. The minimum atomic E-state index is 0.231. The Morgan fingerprint density at radius 1 is 1.29 bits per heavy atom. The van der Waals surface area contributed by atoms with Gasteiger partial charge in [0.15, 0.2) is 0 Å². The lowest BCUT2D eigenvalue weighted by Gasteiger charge is -2.15. The molecule has 2 rings (SSSR count). The molecule has 0 bridgehead atoms. The van der Waals surface area contributed by atoms with Gasteiger partial charge in [-0.05, 0) is 33.6 Å². The number of aryl methyl sites for hydroxylation is 1. The maximum Gasteiger partial charge on any atom is 0.137 e. The van der Waals surface area contributed by atoms with Crippen LogP contribution in [-0.2, 0) is 0 Å². The van der Waals surface area contributed by atoms with Gasteiger partial charge in [-0.15, -0.1) is 0 Å². The van der Waals surface area contributed by atoms with Gasteiger partial charge in [0.2, 0.25) is 0 Å². The molecule has 0 radical (unpaired) electrons. The highest BCUT2D eigenvalue weighted by atomic mass is 35.5. The van der Waals surface area contributed by atoms with E-state index in [1.54, 1.807) is 0 Å². The van der Waals surface area contributed by atoms with Crippen LogP contribution in [0.5, 0.6) is 0 Å². The standard InChI is InChI=1S/C10H14ClN3/c1-6-8(11)12-7(2)13-9(6)14-10(3)4-5-10/h4-5H2,1-3H3,(H,12,13,14). The summed E-state index contributed by atoms with van der Waals surface area (Å²) in [7, 11) is 0. The normalized spacial score (nSPS) is 18.0. The predicted molar refractivity (Wildman–Crippen MR) is 57.8 cm³/mol. The Bertz CT molecular complexity index is 372. The van der Waals surface area contributed by atoms with Crippen LogP contribution in [0, 0.1) is 13.8 Å². The molecule has 1 aliphatic rings. The molecule has 1 aliphatic carbocycles. The third kappa shape index (κ3) is 1.82. The fraction of sp³-hybridized carbons (Fsp3) is 0.600. The minimum absolute atomic E-state index is 0.231. The van der Waals surface area contributed by atoms with Crippen molar-refractivity contribution in [3.63, 3.8) is 0 Å². The second-order valence-corrected chi connectivity index (χ2v) is 4.58. The topological polar surface area (TPSA) is 37.8 Å². The maximum atomic E-state index is 5.98. The van der Waals surface area contributed by atoms with Gasteiger partial charge in [0.25, 0.3) is 0 Å². The summed E-state index contributed by atoms with van der Waals surface area (Å²) in [5.41, 5.74) is 1.17. The van der Waals surface area contributed by atoms with Crippen molar-refractivity contribution in [3.8, 4) is 0 Å². The van der Waals surface area contributed by atoms with Crippen molar-refractivity contribution in [3.05, 3.63) is 16.5 Å². The molecule has 1 saturated carbocycles. The van der Waals surface area contributed by atoms with Crippen LogP contribution in [0.15, 0.2) is 0 Å². The summed E-state index contributed by atoms with van der Waals surface area (Å²) in [4.78, 5) is 8.45. The van der Waals surface area contributed by atoms with Crippen LogP contribution in [0.4, 0.5) is 5.82 Å². The summed E-state index contributed by atoms with van der Waals surface area (Å²) < 4.78 is 0. The lowest BCUT2D eigenvalue weighted by atomic mass is 10.3. The third-order valence-corrected chi connectivity index (χ3v) is 2.99. The van der Waals surface area contributed by atoms with Crippen molar-refractivity contribution in [2.45, 2.75) is 39.2 Å². The van der Waals surface area contributed by atoms with Gasteiger partial charge in [0, 0.05) is 11.1 Å². The number of rotatable bonds is 2. The van der Waals surface area contributed by atoms with E-state index < -0.39 is 0 Å². The molecule has 76 valence electrons. The molecule has 0 atom stereocenters. The van der Waals surface area contributed by atoms with Crippen LogP contribution < -0.4 is 5.32 Å². The van der Waals surface area contributed by atoms with Gasteiger partial charge in [-0.2, -0.15) is 0 Å². The van der Waals surface area contributed by atoms with E-state index in [1.165, 1.54) is 12.8 Å². The lowest BCUT2D eigenvalue weighted by molar-refractivity contribution is 0.813. The second-order valence-electron chi connectivity index (χ2n) is 4.22. The SMILES string of the molecule is Cc1nc(Cl)c(C)c(NC2(C)CC2)n1. The molecule has 1 aromatic rings. The van der Waals surface area contributed by atoms with E-state index in [0.29, 0.717) is 11.0 Å². The van der Waals surface area contributed by atoms with Gasteiger partial charge in [-0.25, -0.2) is 9.97 Å². The molecule has 0 spiro atoms. The summed E-state index contributed by atoms with van der Waals surface area (Å²) in [5, 5.41) is 3.95. The van der Waals surface area contributed by atoms with E-state index in [1.807, 2.05) is 13.8 Å². The molecular weight excluding hydrogens is 198 g/mol. The Kier molecular flexibility index (Phi) is 2.14. The number of nitrogens with one attached hydrogen (secondary N) is 1. The van der Waals surface area contributed by atoms with E-state index in [9.17, 15) is 0 Å². The first kappa shape index (κ1) is 9.71. The Balaban J connectivity index is 2.32. The Morgan fingerprint density at radius 2 is 1.93 bits per heavy atom. The molecule has 0 aliphatic heterocycles. The molecule has 4 heteroatoms. The largest absolute Gasteiger partial charge is 0.365 e. The number of halogens is 1. The fourth-order valence-electron chi connectivity index (χ4n) is 1.31. The number of nitrogens with zero attached hydrogens (tertiary/aromatic N) is 2. The van der Waals surface area contributed by atoms with E-state index >= 15 is 0 Å². The van der Waals surface area contributed by atoms with Crippen molar-refractivity contribution < 1.29 is 0 Å². The van der Waals surface area contributed by atoms with Crippen LogP contribution in [0.1, 0.15) is 31.2 Å². The van der Waals surface area contributed by atoms with E-state index in [2.05, 4.69) is 22.2 Å². The van der Waals surface area contributed by atoms with Crippen molar-refractivity contribution in [1.29, 1.82) is 0 Å². The molecule has 0 saturated heterocycles. The zero-order valence-corrected chi connectivity index (χ0v) is 9.44. The van der Waals surface area contributed by atoms with Gasteiger partial charge in [0.05, 0.1) is 0 Å². The Morgan fingerprint density at radius 3 is 2.50 bits per heavy atom. The molecular formula is C10H14ClN3. The number of anilines is 1. The summed E-state index contributed by atoms with van der Waals surface area (Å²) in [6, 6.07) is 0. The number of hydrogen-bond acceptors (Lipinski definition) is 3. The molecule has 0 unspecified atom stereocenters. The van der Waals surface area contributed by atoms with E-state index in [-0.39, 0.29) is 5.54 Å². The Labute approximate surface area is 88.9 Å². The van der Waals surface area contributed by atoms with Crippen molar-refractivity contribution in [2.24, 2.45) is 0 Å². The third-order valence-electron chi connectivity index (χ3n) is 2.62. The highest BCUT2D eigenvalue weighted by molar-refractivity contribution is 6.30. The monoisotopic (exact) mass is 211 g/mol. The first-order valence-corrected chi connectivity index (χ1v) is 5.17. The van der Waals surface area contributed by atoms with Crippen LogP contribution in [0.3, 0.4) is 0 Å². The van der Waals surface area contributed by atoms with Gasteiger partial charge in [-0.3, -0.25) is 0 Å². The first-order chi connectivity index (χ1) is 6.50. The Hall–Kier alpha value is -0.830. The second kappa shape index (κ2) is 3.09. The highest BCUT2D eigenvalue weighted by Gasteiger charge is 2.37. The van der Waals surface area contributed by atoms with Crippen molar-refractivity contribution in [2.75, 3.05) is 5.32 Å². The highest BCUT2D eigenvalue weighted by Crippen LogP contribution is 2.38. The molecule has 0 aromatic carbocycles. The summed E-state index contributed by atoms with van der Waals surface area (Å²) in [6.45, 7) is 5.99. The van der Waals surface area contributed by atoms with Gasteiger partial charge < -0.3 is 5.32 Å². The van der Waals surface area contributed by atoms with E-state index in [0.717, 1.165) is 11.4 Å². The molecule has 1 heterocycles. The molecule has 3 nitrogen and oxygen atoms in total. The summed E-state index contributed by atoms with van der Waals surface area (Å²) >= 11 is 5.98. The summed E-state index contributed by atoms with van der Waals surface area (Å²) in [5.74, 6) is 1.59.